The Labute approximate surface area is 278 Å². The lowest BCUT2D eigenvalue weighted by molar-refractivity contribution is 1.20. The summed E-state index contributed by atoms with van der Waals surface area (Å²) < 4.78 is 7.56. The third kappa shape index (κ3) is 3.82. The Morgan fingerprint density at radius 3 is 2.06 bits per heavy atom. The third-order valence-corrected chi connectivity index (χ3v) is 11.8. The second-order valence-electron chi connectivity index (χ2n) is 12.0. The molecule has 3 aromatic heterocycles. The van der Waals surface area contributed by atoms with Crippen LogP contribution in [0.15, 0.2) is 146 Å². The summed E-state index contributed by atoms with van der Waals surface area (Å²) in [6.07, 6.45) is 0. The molecule has 0 aliphatic rings. The molecule has 0 atom stereocenters. The van der Waals surface area contributed by atoms with Crippen LogP contribution < -0.4 is 0 Å². The van der Waals surface area contributed by atoms with Crippen molar-refractivity contribution in [1.29, 1.82) is 5.26 Å². The first-order valence-corrected chi connectivity index (χ1v) is 17.3. The van der Waals surface area contributed by atoms with Crippen LogP contribution >= 0.6 is 22.7 Å². The number of aromatic nitrogens is 1. The van der Waals surface area contributed by atoms with Crippen LogP contribution in [0.4, 0.5) is 0 Å². The number of nitrogens with zero attached hydrogens (tertiary/aromatic N) is 2. The number of rotatable bonds is 3. The van der Waals surface area contributed by atoms with Crippen molar-refractivity contribution in [2.24, 2.45) is 0 Å². The molecule has 218 valence electrons. The Hall–Kier alpha value is -5.73. The third-order valence-electron chi connectivity index (χ3n) is 9.45. The number of benzene rings is 7. The normalized spacial score (nSPS) is 11.8. The maximum absolute atomic E-state index is 9.71. The highest BCUT2D eigenvalue weighted by molar-refractivity contribution is 7.27. The SMILES string of the molecule is N#Cc1ccc2c(c1)c1ccccc1n2-c1cccc2c1sc1c(-c3ccccc3)ccc(-c3cccc4sc5ccccc5c34)c12. The second kappa shape index (κ2) is 10.1. The van der Waals surface area contributed by atoms with Gasteiger partial charge in [-0.25, -0.2) is 0 Å². The molecule has 0 fully saturated rings. The van der Waals surface area contributed by atoms with E-state index in [0.29, 0.717) is 5.56 Å². The first-order chi connectivity index (χ1) is 23.3. The quantitative estimate of drug-likeness (QED) is 0.190. The molecular weight excluding hydrogens is 609 g/mol. The number of hydrogen-bond acceptors (Lipinski definition) is 3. The van der Waals surface area contributed by atoms with Crippen LogP contribution in [0.2, 0.25) is 0 Å². The summed E-state index contributed by atoms with van der Waals surface area (Å²) in [7, 11) is 0. The van der Waals surface area contributed by atoms with Crippen LogP contribution in [-0.4, -0.2) is 4.57 Å². The number of nitriles is 1. The van der Waals surface area contributed by atoms with E-state index in [-0.39, 0.29) is 0 Å². The highest BCUT2D eigenvalue weighted by atomic mass is 32.1. The van der Waals surface area contributed by atoms with Crippen molar-refractivity contribution in [3.05, 3.63) is 151 Å². The molecule has 10 aromatic rings. The molecule has 2 nitrogen and oxygen atoms in total. The van der Waals surface area contributed by atoms with Crippen molar-refractivity contribution in [1.82, 2.24) is 4.57 Å². The lowest BCUT2D eigenvalue weighted by Crippen LogP contribution is -1.93. The molecule has 0 saturated heterocycles. The van der Waals surface area contributed by atoms with Crippen LogP contribution in [0.3, 0.4) is 0 Å². The zero-order valence-corrected chi connectivity index (χ0v) is 26.7. The number of para-hydroxylation sites is 1. The lowest BCUT2D eigenvalue weighted by atomic mass is 9.92. The Balaban J connectivity index is 1.35. The van der Waals surface area contributed by atoms with Gasteiger partial charge in [0.05, 0.1) is 33.1 Å². The summed E-state index contributed by atoms with van der Waals surface area (Å²) in [4.78, 5) is 0. The van der Waals surface area contributed by atoms with Gasteiger partial charge in [0, 0.05) is 46.4 Å². The molecule has 10 rings (SSSR count). The molecule has 0 radical (unpaired) electrons. The van der Waals surface area contributed by atoms with Crippen LogP contribution in [0.5, 0.6) is 0 Å². The van der Waals surface area contributed by atoms with Crippen molar-refractivity contribution < 1.29 is 0 Å². The summed E-state index contributed by atoms with van der Waals surface area (Å²) >= 11 is 3.75. The van der Waals surface area contributed by atoms with Crippen molar-refractivity contribution in [2.45, 2.75) is 0 Å². The second-order valence-corrected chi connectivity index (χ2v) is 14.1. The van der Waals surface area contributed by atoms with Crippen LogP contribution in [0.1, 0.15) is 5.56 Å². The summed E-state index contributed by atoms with van der Waals surface area (Å²) in [5.41, 5.74) is 9.08. The zero-order valence-electron chi connectivity index (χ0n) is 25.1. The molecule has 0 saturated carbocycles. The van der Waals surface area contributed by atoms with Crippen molar-refractivity contribution in [3.63, 3.8) is 0 Å². The van der Waals surface area contributed by atoms with Gasteiger partial charge < -0.3 is 4.57 Å². The monoisotopic (exact) mass is 632 g/mol. The van der Waals surface area contributed by atoms with Gasteiger partial charge in [0.2, 0.25) is 0 Å². The van der Waals surface area contributed by atoms with Crippen LogP contribution in [0.25, 0.3) is 90.1 Å². The topological polar surface area (TPSA) is 28.7 Å². The zero-order chi connectivity index (χ0) is 31.1. The maximum Gasteiger partial charge on any atom is 0.0991 e. The van der Waals surface area contributed by atoms with E-state index in [2.05, 4.69) is 144 Å². The summed E-state index contributed by atoms with van der Waals surface area (Å²) in [6, 6.07) is 54.6. The Bertz CT molecular complexity index is 2920. The largest absolute Gasteiger partial charge is 0.308 e. The van der Waals surface area contributed by atoms with Gasteiger partial charge in [-0.3, -0.25) is 0 Å². The average Bonchev–Trinajstić information content (AvgIpc) is 3.81. The molecule has 0 N–H and O–H groups in total. The number of thiophene rings is 2. The van der Waals surface area contributed by atoms with Crippen LogP contribution in [-0.2, 0) is 0 Å². The number of fused-ring (bicyclic) bond motifs is 9. The molecule has 47 heavy (non-hydrogen) atoms. The molecule has 0 aliphatic carbocycles. The van der Waals surface area contributed by atoms with E-state index in [4.69, 9.17) is 0 Å². The van der Waals surface area contributed by atoms with E-state index >= 15 is 0 Å². The van der Waals surface area contributed by atoms with E-state index in [9.17, 15) is 5.26 Å². The van der Waals surface area contributed by atoms with Gasteiger partial charge in [0.15, 0.2) is 0 Å². The van der Waals surface area contributed by atoms with Gasteiger partial charge in [-0.2, -0.15) is 5.26 Å². The fourth-order valence-electron chi connectivity index (χ4n) is 7.43. The average molecular weight is 633 g/mol. The molecule has 7 aromatic carbocycles. The molecule has 3 heterocycles. The maximum atomic E-state index is 9.71. The van der Waals surface area contributed by atoms with E-state index in [0.717, 1.165) is 27.5 Å². The lowest BCUT2D eigenvalue weighted by Gasteiger charge is -2.11. The minimum atomic E-state index is 0.674. The van der Waals surface area contributed by atoms with Crippen LogP contribution in [0, 0.1) is 11.3 Å². The standard InChI is InChI=1S/C43H24N2S2/c44-25-26-20-23-36-34(24-26)29-12-4-6-16-35(29)45(36)37-17-8-15-33-41-31(22-21-28(43(41)47-42(33)37)27-10-2-1-3-11-27)30-14-9-19-39-40(30)32-13-5-7-18-38(32)46-39/h1-24H. The minimum absolute atomic E-state index is 0.674. The molecule has 0 amide bonds. The predicted molar refractivity (Wildman–Crippen MR) is 202 cm³/mol. The predicted octanol–water partition coefficient (Wildman–Crippen LogP) is 12.7. The minimum Gasteiger partial charge on any atom is -0.308 e. The smallest absolute Gasteiger partial charge is 0.0991 e. The van der Waals surface area contributed by atoms with Gasteiger partial charge in [-0.1, -0.05) is 103 Å². The van der Waals surface area contributed by atoms with Crippen molar-refractivity contribution in [3.8, 4) is 34.0 Å². The fraction of sp³-hybridized carbons (Fsp3) is 0. The van der Waals surface area contributed by atoms with E-state index < -0.39 is 0 Å². The first-order valence-electron chi connectivity index (χ1n) is 15.7. The van der Waals surface area contributed by atoms with Gasteiger partial charge in [-0.05, 0) is 64.7 Å². The molecule has 0 bridgehead atoms. The molecule has 0 spiro atoms. The van der Waals surface area contributed by atoms with Crippen molar-refractivity contribution >= 4 is 84.8 Å². The summed E-state index contributed by atoms with van der Waals surface area (Å²) in [5, 5.41) is 17.1. The number of hydrogen-bond donors (Lipinski definition) is 0. The van der Waals surface area contributed by atoms with Gasteiger partial charge in [-0.15, -0.1) is 22.7 Å². The Kier molecular flexibility index (Phi) is 5.71. The van der Waals surface area contributed by atoms with E-state index in [1.807, 2.05) is 34.8 Å². The Morgan fingerprint density at radius 1 is 0.468 bits per heavy atom. The highest BCUT2D eigenvalue weighted by Crippen LogP contribution is 2.49. The van der Waals surface area contributed by atoms with E-state index in [1.54, 1.807) is 0 Å². The molecule has 4 heteroatoms. The molecular formula is C43H24N2S2. The Morgan fingerprint density at radius 2 is 1.17 bits per heavy atom. The van der Waals surface area contributed by atoms with Gasteiger partial charge >= 0.3 is 0 Å². The van der Waals surface area contributed by atoms with Gasteiger partial charge in [0.1, 0.15) is 0 Å². The fourth-order valence-corrected chi connectivity index (χ4v) is 9.93. The first kappa shape index (κ1) is 26.5. The molecule has 0 unspecified atom stereocenters. The van der Waals surface area contributed by atoms with Gasteiger partial charge in [0.25, 0.3) is 0 Å². The summed E-state index contributed by atoms with van der Waals surface area (Å²) in [6.45, 7) is 0. The van der Waals surface area contributed by atoms with Crippen molar-refractivity contribution in [2.75, 3.05) is 0 Å². The molecule has 0 aliphatic heterocycles. The van der Waals surface area contributed by atoms with E-state index in [1.165, 1.54) is 62.6 Å². The summed E-state index contributed by atoms with van der Waals surface area (Å²) in [5.74, 6) is 0. The highest BCUT2D eigenvalue weighted by Gasteiger charge is 2.22.